The Balaban J connectivity index is 1.84. The van der Waals surface area contributed by atoms with E-state index in [2.05, 4.69) is 139 Å². The number of allylic oxidation sites excluding steroid dienone is 4. The molecule has 0 radical (unpaired) electrons. The van der Waals surface area contributed by atoms with Crippen LogP contribution in [0.3, 0.4) is 0 Å². The fraction of sp³-hybridized carbons (Fsp3) is 0.0833. The van der Waals surface area contributed by atoms with E-state index in [0.717, 1.165) is 10.9 Å². The van der Waals surface area contributed by atoms with E-state index in [-0.39, 0.29) is 3.23 Å². The van der Waals surface area contributed by atoms with Crippen LogP contribution in [0, 0.1) is 0 Å². The molecule has 0 saturated heterocycles. The van der Waals surface area contributed by atoms with Crippen molar-refractivity contribution in [3.05, 3.63) is 101 Å². The maximum atomic E-state index is 3.68. The van der Waals surface area contributed by atoms with Crippen LogP contribution < -0.4 is 0 Å². The molecule has 0 bridgehead atoms. The molecule has 3 heteroatoms. The van der Waals surface area contributed by atoms with Crippen molar-refractivity contribution in [1.29, 1.82) is 0 Å². The third-order valence-electron chi connectivity index (χ3n) is 4.65. The van der Waals surface area contributed by atoms with Gasteiger partial charge in [-0.25, -0.2) is 0 Å². The smallest absolute Gasteiger partial charge is 0.0741 e. The van der Waals surface area contributed by atoms with Gasteiger partial charge in [-0.3, -0.25) is 0 Å². The molecule has 0 aromatic heterocycles. The predicted molar refractivity (Wildman–Crippen MR) is 127 cm³/mol. The topological polar surface area (TPSA) is 0 Å². The zero-order valence-corrected chi connectivity index (χ0v) is 19.3. The molecule has 3 aromatic rings. The lowest BCUT2D eigenvalue weighted by molar-refractivity contribution is 1.03. The van der Waals surface area contributed by atoms with Gasteiger partial charge in [0, 0.05) is 4.47 Å². The van der Waals surface area contributed by atoms with Gasteiger partial charge in [-0.05, 0) is 70.1 Å². The first kappa shape index (κ1) is 18.9. The van der Waals surface area contributed by atoms with E-state index in [4.69, 9.17) is 0 Å². The number of rotatable bonds is 3. The minimum atomic E-state index is -0.130. The highest BCUT2D eigenvalue weighted by molar-refractivity contribution is 9.25. The van der Waals surface area contributed by atoms with Gasteiger partial charge in [0.25, 0.3) is 0 Å². The Kier molecular flexibility index (Phi) is 5.54. The van der Waals surface area contributed by atoms with Crippen LogP contribution in [0.25, 0.3) is 27.8 Å². The highest BCUT2D eigenvalue weighted by atomic mass is 79.9. The molecule has 1 aliphatic carbocycles. The molecular weight excluding hydrogens is 528 g/mol. The minimum Gasteiger partial charge on any atom is -0.0741 e. The van der Waals surface area contributed by atoms with Crippen LogP contribution in [-0.2, 0) is 0 Å². The molecule has 0 atom stereocenters. The number of hydrogen-bond donors (Lipinski definition) is 0. The van der Waals surface area contributed by atoms with Crippen LogP contribution in [-0.4, -0.2) is 3.23 Å². The second kappa shape index (κ2) is 7.90. The Morgan fingerprint density at radius 2 is 1.26 bits per heavy atom. The first-order chi connectivity index (χ1) is 13.0. The Labute approximate surface area is 185 Å². The zero-order chi connectivity index (χ0) is 18.9. The van der Waals surface area contributed by atoms with Crippen molar-refractivity contribution >= 4 is 53.4 Å². The third-order valence-corrected chi connectivity index (χ3v) is 6.36. The first-order valence-electron chi connectivity index (χ1n) is 8.74. The number of benzene rings is 3. The zero-order valence-electron chi connectivity index (χ0n) is 14.5. The predicted octanol–water partition coefficient (Wildman–Crippen LogP) is 8.61. The molecule has 0 nitrogen and oxygen atoms in total. The highest BCUT2D eigenvalue weighted by Gasteiger charge is 2.21. The maximum absolute atomic E-state index is 3.68. The van der Waals surface area contributed by atoms with E-state index in [0.29, 0.717) is 0 Å². The molecule has 134 valence electrons. The van der Waals surface area contributed by atoms with Crippen LogP contribution in [0.2, 0.25) is 0 Å². The number of alkyl halides is 2. The van der Waals surface area contributed by atoms with E-state index in [9.17, 15) is 0 Å². The molecule has 0 spiro atoms. The number of hydrogen-bond acceptors (Lipinski definition) is 0. The van der Waals surface area contributed by atoms with E-state index in [1.54, 1.807) is 0 Å². The van der Waals surface area contributed by atoms with Gasteiger partial charge < -0.3 is 0 Å². The summed E-state index contributed by atoms with van der Waals surface area (Å²) in [6.45, 7) is 0. The standard InChI is InChI=1S/C24H17Br3/c25-23-8-6-18(7-9-23)21-14-20(17-4-2-1-3-5-17)15-22(16-21)19-10-12-24(26,27)13-11-19/h1-12,14-16H,13H2. The SMILES string of the molecule is Brc1ccc(-c2cc(C3=CCC(Br)(Br)C=C3)cc(-c3ccccc3)c2)cc1. The lowest BCUT2D eigenvalue weighted by Crippen LogP contribution is -2.08. The molecule has 0 amide bonds. The van der Waals surface area contributed by atoms with Crippen LogP contribution in [0.1, 0.15) is 12.0 Å². The molecule has 0 fully saturated rings. The minimum absolute atomic E-state index is 0.130. The summed E-state index contributed by atoms with van der Waals surface area (Å²) >= 11 is 10.9. The fourth-order valence-electron chi connectivity index (χ4n) is 3.21. The highest BCUT2D eigenvalue weighted by Crippen LogP contribution is 2.39. The Bertz CT molecular complexity index is 1010. The molecule has 3 aromatic carbocycles. The Hall–Kier alpha value is -1.42. The average Bonchev–Trinajstić information content (AvgIpc) is 2.69. The van der Waals surface area contributed by atoms with Crippen molar-refractivity contribution in [2.75, 3.05) is 0 Å². The van der Waals surface area contributed by atoms with Gasteiger partial charge in [0.15, 0.2) is 0 Å². The Morgan fingerprint density at radius 1 is 0.667 bits per heavy atom. The largest absolute Gasteiger partial charge is 0.102 e. The van der Waals surface area contributed by atoms with Gasteiger partial charge in [-0.1, -0.05) is 108 Å². The monoisotopic (exact) mass is 542 g/mol. The summed E-state index contributed by atoms with van der Waals surface area (Å²) in [4.78, 5) is 0. The van der Waals surface area contributed by atoms with Gasteiger partial charge in [0.1, 0.15) is 3.23 Å². The molecular formula is C24H17Br3. The summed E-state index contributed by atoms with van der Waals surface area (Å²) < 4.78 is 0.962. The lowest BCUT2D eigenvalue weighted by atomic mass is 9.91. The molecule has 0 saturated carbocycles. The van der Waals surface area contributed by atoms with Crippen molar-refractivity contribution < 1.29 is 0 Å². The first-order valence-corrected chi connectivity index (χ1v) is 11.1. The van der Waals surface area contributed by atoms with Crippen molar-refractivity contribution in [2.45, 2.75) is 9.65 Å². The Morgan fingerprint density at radius 3 is 1.85 bits per heavy atom. The summed E-state index contributed by atoms with van der Waals surface area (Å²) in [6, 6.07) is 25.9. The van der Waals surface area contributed by atoms with Gasteiger partial charge in [0.05, 0.1) is 0 Å². The molecule has 0 aliphatic heterocycles. The molecule has 1 aliphatic rings. The summed E-state index contributed by atoms with van der Waals surface area (Å²) in [5.74, 6) is 0. The average molecular weight is 545 g/mol. The molecule has 4 rings (SSSR count). The van der Waals surface area contributed by atoms with Crippen LogP contribution in [0.4, 0.5) is 0 Å². The molecule has 0 N–H and O–H groups in total. The fourth-order valence-corrected chi connectivity index (χ4v) is 4.06. The number of halogens is 3. The maximum Gasteiger partial charge on any atom is 0.102 e. The molecule has 27 heavy (non-hydrogen) atoms. The van der Waals surface area contributed by atoms with E-state index in [1.807, 2.05) is 0 Å². The van der Waals surface area contributed by atoms with E-state index < -0.39 is 0 Å². The van der Waals surface area contributed by atoms with Crippen LogP contribution in [0.15, 0.2) is 95.5 Å². The lowest BCUT2D eigenvalue weighted by Gasteiger charge is -2.20. The van der Waals surface area contributed by atoms with Gasteiger partial charge in [-0.2, -0.15) is 0 Å². The van der Waals surface area contributed by atoms with Crippen LogP contribution in [0.5, 0.6) is 0 Å². The van der Waals surface area contributed by atoms with Crippen LogP contribution >= 0.6 is 47.8 Å². The second-order valence-corrected chi connectivity index (χ2v) is 11.4. The second-order valence-electron chi connectivity index (χ2n) is 6.63. The van der Waals surface area contributed by atoms with Gasteiger partial charge >= 0.3 is 0 Å². The quantitative estimate of drug-likeness (QED) is 0.289. The molecule has 0 heterocycles. The van der Waals surface area contributed by atoms with Crippen molar-refractivity contribution in [2.24, 2.45) is 0 Å². The summed E-state index contributed by atoms with van der Waals surface area (Å²) in [6.07, 6.45) is 7.53. The van der Waals surface area contributed by atoms with Crippen molar-refractivity contribution in [1.82, 2.24) is 0 Å². The molecule has 0 unspecified atom stereocenters. The summed E-state index contributed by atoms with van der Waals surface area (Å²) in [5.41, 5.74) is 7.39. The van der Waals surface area contributed by atoms with Gasteiger partial charge in [0.2, 0.25) is 0 Å². The van der Waals surface area contributed by atoms with E-state index in [1.165, 1.54) is 33.4 Å². The van der Waals surface area contributed by atoms with Gasteiger partial charge in [-0.15, -0.1) is 0 Å². The van der Waals surface area contributed by atoms with Crippen molar-refractivity contribution in [3.63, 3.8) is 0 Å². The third kappa shape index (κ3) is 4.53. The van der Waals surface area contributed by atoms with Crippen molar-refractivity contribution in [3.8, 4) is 22.3 Å². The van der Waals surface area contributed by atoms with E-state index >= 15 is 0 Å². The summed E-state index contributed by atoms with van der Waals surface area (Å²) in [5, 5.41) is 0. The normalized spacial score (nSPS) is 15.4. The summed E-state index contributed by atoms with van der Waals surface area (Å²) in [7, 11) is 0.